The van der Waals surface area contributed by atoms with Crippen LogP contribution < -0.4 is 15.4 Å². The van der Waals surface area contributed by atoms with Crippen LogP contribution in [0.15, 0.2) is 42.5 Å². The number of aromatic amines is 1. The standard InChI is InChI=1S/C18H15F2N5O3/c1-28-14-5-3-2-4-12(14)16-23-18(25-24-16)22-15(26)9-21-17(27)11-7-6-10(19)8-13(11)20/h2-8H,9H2,1H3,(H,21,27)(H2,22,23,24,25,26). The van der Waals surface area contributed by atoms with Gasteiger partial charge in [-0.15, -0.1) is 5.10 Å². The van der Waals surface area contributed by atoms with Gasteiger partial charge in [-0.3, -0.25) is 20.0 Å². The first-order valence-corrected chi connectivity index (χ1v) is 8.07. The van der Waals surface area contributed by atoms with Crippen LogP contribution >= 0.6 is 0 Å². The number of rotatable bonds is 6. The largest absolute Gasteiger partial charge is 0.496 e. The predicted octanol–water partition coefficient (Wildman–Crippen LogP) is 2.13. The van der Waals surface area contributed by atoms with Crippen LogP contribution in [0.3, 0.4) is 0 Å². The molecule has 0 bridgehead atoms. The number of anilines is 1. The number of hydrogen-bond acceptors (Lipinski definition) is 5. The van der Waals surface area contributed by atoms with Crippen LogP contribution in [0.25, 0.3) is 11.4 Å². The van der Waals surface area contributed by atoms with Gasteiger partial charge < -0.3 is 10.1 Å². The first-order chi connectivity index (χ1) is 13.5. The molecule has 0 radical (unpaired) electrons. The van der Waals surface area contributed by atoms with Crippen molar-refractivity contribution in [2.45, 2.75) is 0 Å². The molecule has 0 aliphatic rings. The molecule has 0 atom stereocenters. The summed E-state index contributed by atoms with van der Waals surface area (Å²) < 4.78 is 31.7. The van der Waals surface area contributed by atoms with Crippen molar-refractivity contribution < 1.29 is 23.1 Å². The molecule has 3 aromatic rings. The number of halogens is 2. The van der Waals surface area contributed by atoms with Gasteiger partial charge >= 0.3 is 0 Å². The molecule has 0 aliphatic heterocycles. The monoisotopic (exact) mass is 387 g/mol. The van der Waals surface area contributed by atoms with Crippen LogP contribution in [0.1, 0.15) is 10.4 Å². The Balaban J connectivity index is 1.60. The minimum absolute atomic E-state index is 0.00637. The maximum atomic E-state index is 13.6. The Labute approximate surface area is 157 Å². The van der Waals surface area contributed by atoms with Crippen LogP contribution in [0.2, 0.25) is 0 Å². The lowest BCUT2D eigenvalue weighted by atomic mass is 10.2. The third kappa shape index (κ3) is 4.29. The van der Waals surface area contributed by atoms with E-state index in [1.807, 2.05) is 0 Å². The molecule has 0 spiro atoms. The molecule has 0 aliphatic carbocycles. The van der Waals surface area contributed by atoms with Gasteiger partial charge in [-0.05, 0) is 24.3 Å². The van der Waals surface area contributed by atoms with Crippen molar-refractivity contribution in [3.05, 3.63) is 59.7 Å². The summed E-state index contributed by atoms with van der Waals surface area (Å²) in [5.41, 5.74) is 0.281. The maximum Gasteiger partial charge on any atom is 0.254 e. The lowest BCUT2D eigenvalue weighted by molar-refractivity contribution is -0.115. The van der Waals surface area contributed by atoms with Gasteiger partial charge in [-0.2, -0.15) is 4.98 Å². The lowest BCUT2D eigenvalue weighted by Crippen LogP contribution is -2.33. The van der Waals surface area contributed by atoms with Crippen molar-refractivity contribution in [2.24, 2.45) is 0 Å². The average Bonchev–Trinajstić information content (AvgIpc) is 3.14. The zero-order chi connectivity index (χ0) is 20.1. The van der Waals surface area contributed by atoms with Crippen molar-refractivity contribution in [2.75, 3.05) is 19.0 Å². The van der Waals surface area contributed by atoms with E-state index in [9.17, 15) is 18.4 Å². The van der Waals surface area contributed by atoms with Gasteiger partial charge in [0.05, 0.1) is 24.8 Å². The van der Waals surface area contributed by atoms with E-state index < -0.39 is 30.0 Å². The number of amides is 2. The number of nitrogens with one attached hydrogen (secondary N) is 3. The zero-order valence-corrected chi connectivity index (χ0v) is 14.6. The SMILES string of the molecule is COc1ccccc1-c1nc(NC(=O)CNC(=O)c2ccc(F)cc2F)n[nH]1. The summed E-state index contributed by atoms with van der Waals surface area (Å²) in [5, 5.41) is 11.2. The first kappa shape index (κ1) is 19.0. The normalized spacial score (nSPS) is 10.4. The summed E-state index contributed by atoms with van der Waals surface area (Å²) in [7, 11) is 1.52. The smallest absolute Gasteiger partial charge is 0.254 e. The van der Waals surface area contributed by atoms with E-state index in [0.717, 1.165) is 12.1 Å². The molecule has 1 heterocycles. The second kappa shape index (κ2) is 8.25. The van der Waals surface area contributed by atoms with Gasteiger partial charge in [-0.25, -0.2) is 8.78 Å². The number of carbonyl (C=O) groups is 2. The fourth-order valence-electron chi connectivity index (χ4n) is 2.38. The summed E-state index contributed by atoms with van der Waals surface area (Å²) in [4.78, 5) is 28.0. The highest BCUT2D eigenvalue weighted by Crippen LogP contribution is 2.26. The quantitative estimate of drug-likeness (QED) is 0.600. The van der Waals surface area contributed by atoms with Gasteiger partial charge in [0.25, 0.3) is 5.91 Å². The Bertz CT molecular complexity index is 1020. The number of aromatic nitrogens is 3. The summed E-state index contributed by atoms with van der Waals surface area (Å²) >= 11 is 0. The molecule has 0 unspecified atom stereocenters. The van der Waals surface area contributed by atoms with Crippen LogP contribution in [-0.2, 0) is 4.79 Å². The third-order valence-electron chi connectivity index (χ3n) is 3.68. The van der Waals surface area contributed by atoms with E-state index in [2.05, 4.69) is 25.8 Å². The molecule has 0 fully saturated rings. The highest BCUT2D eigenvalue weighted by molar-refractivity contribution is 5.99. The van der Waals surface area contributed by atoms with E-state index in [1.54, 1.807) is 24.3 Å². The molecule has 0 saturated carbocycles. The topological polar surface area (TPSA) is 109 Å². The van der Waals surface area contributed by atoms with Crippen molar-refractivity contribution >= 4 is 17.8 Å². The van der Waals surface area contributed by atoms with Crippen LogP contribution in [0.4, 0.5) is 14.7 Å². The summed E-state index contributed by atoms with van der Waals surface area (Å²) in [6.07, 6.45) is 0. The minimum Gasteiger partial charge on any atom is -0.496 e. The van der Waals surface area contributed by atoms with Crippen LogP contribution in [-0.4, -0.2) is 40.7 Å². The van der Waals surface area contributed by atoms with E-state index in [4.69, 9.17) is 4.74 Å². The zero-order valence-electron chi connectivity index (χ0n) is 14.6. The molecule has 0 saturated heterocycles. The minimum atomic E-state index is -1.02. The Morgan fingerprint density at radius 1 is 1.18 bits per heavy atom. The van der Waals surface area contributed by atoms with Gasteiger partial charge in [0.2, 0.25) is 11.9 Å². The molecular formula is C18H15F2N5O3. The Kier molecular flexibility index (Phi) is 5.58. The van der Waals surface area contributed by atoms with Crippen molar-refractivity contribution in [3.63, 3.8) is 0 Å². The van der Waals surface area contributed by atoms with Crippen molar-refractivity contribution in [3.8, 4) is 17.1 Å². The van der Waals surface area contributed by atoms with Crippen molar-refractivity contribution in [1.29, 1.82) is 0 Å². The molecule has 28 heavy (non-hydrogen) atoms. The molecular weight excluding hydrogens is 372 g/mol. The first-order valence-electron chi connectivity index (χ1n) is 8.07. The molecule has 10 heteroatoms. The second-order valence-corrected chi connectivity index (χ2v) is 5.56. The van der Waals surface area contributed by atoms with Crippen molar-refractivity contribution in [1.82, 2.24) is 20.5 Å². The van der Waals surface area contributed by atoms with Gasteiger partial charge in [0.15, 0.2) is 5.82 Å². The van der Waals surface area contributed by atoms with Gasteiger partial charge in [0.1, 0.15) is 17.4 Å². The molecule has 144 valence electrons. The number of nitrogens with zero attached hydrogens (tertiary/aromatic N) is 2. The average molecular weight is 387 g/mol. The van der Waals surface area contributed by atoms with Gasteiger partial charge in [-0.1, -0.05) is 12.1 Å². The fraction of sp³-hybridized carbons (Fsp3) is 0.111. The molecule has 8 nitrogen and oxygen atoms in total. The third-order valence-corrected chi connectivity index (χ3v) is 3.68. The highest BCUT2D eigenvalue weighted by atomic mass is 19.1. The summed E-state index contributed by atoms with van der Waals surface area (Å²) in [6, 6.07) is 9.64. The highest BCUT2D eigenvalue weighted by Gasteiger charge is 2.15. The number of ether oxygens (including phenoxy) is 1. The van der Waals surface area contributed by atoms with Crippen LogP contribution in [0.5, 0.6) is 5.75 Å². The number of hydrogen-bond donors (Lipinski definition) is 3. The van der Waals surface area contributed by atoms with E-state index in [0.29, 0.717) is 23.2 Å². The number of para-hydroxylation sites is 1. The Morgan fingerprint density at radius 3 is 2.71 bits per heavy atom. The van der Waals surface area contributed by atoms with Gasteiger partial charge in [0, 0.05) is 6.07 Å². The van der Waals surface area contributed by atoms with Crippen LogP contribution in [0, 0.1) is 11.6 Å². The second-order valence-electron chi connectivity index (χ2n) is 5.56. The van der Waals surface area contributed by atoms with E-state index in [1.165, 1.54) is 7.11 Å². The molecule has 1 aromatic heterocycles. The number of methoxy groups -OCH3 is 1. The number of benzene rings is 2. The maximum absolute atomic E-state index is 13.6. The number of carbonyl (C=O) groups excluding carboxylic acids is 2. The van der Waals surface area contributed by atoms with E-state index >= 15 is 0 Å². The molecule has 2 aromatic carbocycles. The molecule has 3 rings (SSSR count). The molecule has 3 N–H and O–H groups in total. The fourth-order valence-corrected chi connectivity index (χ4v) is 2.38. The molecule has 2 amide bonds. The number of H-pyrrole nitrogens is 1. The summed E-state index contributed by atoms with van der Waals surface area (Å²) in [6.45, 7) is -0.450. The Hall–Kier alpha value is -3.82. The Morgan fingerprint density at radius 2 is 1.96 bits per heavy atom. The van der Waals surface area contributed by atoms with E-state index in [-0.39, 0.29) is 11.5 Å². The predicted molar refractivity (Wildman–Crippen MR) is 95.7 cm³/mol. The lowest BCUT2D eigenvalue weighted by Gasteiger charge is -2.06. The summed E-state index contributed by atoms with van der Waals surface area (Å²) in [5.74, 6) is -2.35.